The van der Waals surface area contributed by atoms with Gasteiger partial charge in [0.1, 0.15) is 17.2 Å². The van der Waals surface area contributed by atoms with Crippen LogP contribution in [-0.4, -0.2) is 57.5 Å². The van der Waals surface area contributed by atoms with Gasteiger partial charge in [0, 0.05) is 12.0 Å². The number of hydrogen-bond acceptors (Lipinski definition) is 6. The third-order valence-corrected chi connectivity index (χ3v) is 6.98. The van der Waals surface area contributed by atoms with Gasteiger partial charge < -0.3 is 23.7 Å². The maximum atomic E-state index is 13.5. The minimum Gasteiger partial charge on any atom is -0.494 e. The molecule has 3 aromatic rings. The van der Waals surface area contributed by atoms with Gasteiger partial charge in [-0.05, 0) is 78.9 Å². The molecule has 12 heteroatoms. The van der Waals surface area contributed by atoms with E-state index in [-0.39, 0.29) is 11.2 Å². The zero-order chi connectivity index (χ0) is 32.5. The van der Waals surface area contributed by atoms with Crippen LogP contribution in [0.2, 0.25) is 0 Å². The summed E-state index contributed by atoms with van der Waals surface area (Å²) in [6.45, 7) is 5.74. The lowest BCUT2D eigenvalue weighted by molar-refractivity contribution is -0.304. The Morgan fingerprint density at radius 2 is 1.31 bits per heavy atom. The Morgan fingerprint density at radius 3 is 1.84 bits per heavy atom. The molecule has 244 valence electrons. The van der Waals surface area contributed by atoms with E-state index in [2.05, 4.69) is 11.7 Å². The molecule has 1 aliphatic heterocycles. The molecule has 45 heavy (non-hydrogen) atoms. The van der Waals surface area contributed by atoms with Crippen LogP contribution in [0.25, 0.3) is 11.1 Å². The van der Waals surface area contributed by atoms with Crippen molar-refractivity contribution in [2.24, 2.45) is 5.41 Å². The van der Waals surface area contributed by atoms with Gasteiger partial charge in [0.05, 0.1) is 32.0 Å². The number of rotatable bonds is 16. The number of benzene rings is 3. The Hall–Kier alpha value is -3.77. The first-order valence-corrected chi connectivity index (χ1v) is 14.4. The van der Waals surface area contributed by atoms with Crippen molar-refractivity contribution in [3.05, 3.63) is 78.4 Å². The Bertz CT molecular complexity index is 1360. The highest BCUT2D eigenvalue weighted by atomic mass is 19.4. The van der Waals surface area contributed by atoms with Crippen LogP contribution in [0, 0.1) is 5.41 Å². The third kappa shape index (κ3) is 10.1. The molecule has 6 nitrogen and oxygen atoms in total. The molecule has 0 spiro atoms. The molecule has 1 saturated heterocycles. The molecule has 0 aromatic heterocycles. The molecule has 3 aromatic carbocycles. The molecule has 1 heterocycles. The fourth-order valence-electron chi connectivity index (χ4n) is 4.39. The average Bonchev–Trinajstić information content (AvgIpc) is 2.99. The van der Waals surface area contributed by atoms with Crippen molar-refractivity contribution in [3.63, 3.8) is 0 Å². The van der Waals surface area contributed by atoms with Gasteiger partial charge in [0.15, 0.2) is 0 Å². The predicted octanol–water partition coefficient (Wildman–Crippen LogP) is 8.44. The van der Waals surface area contributed by atoms with Crippen molar-refractivity contribution in [1.29, 1.82) is 0 Å². The van der Waals surface area contributed by atoms with Crippen molar-refractivity contribution >= 4 is 5.97 Å². The summed E-state index contributed by atoms with van der Waals surface area (Å²) < 4.78 is 103. The maximum absolute atomic E-state index is 13.5. The molecule has 0 amide bonds. The largest absolute Gasteiger partial charge is 0.494 e. The van der Waals surface area contributed by atoms with Gasteiger partial charge in [0.25, 0.3) is 6.17 Å². The molecule has 1 atom stereocenters. The van der Waals surface area contributed by atoms with Crippen LogP contribution >= 0.6 is 0 Å². The molecule has 0 N–H and O–H groups in total. The van der Waals surface area contributed by atoms with Gasteiger partial charge in [0.2, 0.25) is 0 Å². The zero-order valence-electron chi connectivity index (χ0n) is 24.6. The average molecular weight is 641 g/mol. The number of halogens is 6. The first-order valence-electron chi connectivity index (χ1n) is 14.4. The van der Waals surface area contributed by atoms with Crippen molar-refractivity contribution in [3.8, 4) is 28.4 Å². The second-order valence-corrected chi connectivity index (χ2v) is 11.1. The van der Waals surface area contributed by atoms with E-state index in [1.807, 2.05) is 0 Å². The number of alkyl halides is 6. The molecule has 1 aliphatic rings. The summed E-state index contributed by atoms with van der Waals surface area (Å²) in [5.41, 5.74) is 1.60. The van der Waals surface area contributed by atoms with E-state index < -0.39 is 30.2 Å². The van der Waals surface area contributed by atoms with Crippen LogP contribution in [0.4, 0.5) is 26.3 Å². The summed E-state index contributed by atoms with van der Waals surface area (Å²) in [4.78, 5) is 12.6. The van der Waals surface area contributed by atoms with Gasteiger partial charge in [-0.15, -0.1) is 0 Å². The first-order chi connectivity index (χ1) is 21.3. The highest BCUT2D eigenvalue weighted by Crippen LogP contribution is 2.37. The quantitative estimate of drug-likeness (QED) is 0.0678. The molecule has 1 fully saturated rings. The van der Waals surface area contributed by atoms with Crippen molar-refractivity contribution < 1.29 is 54.8 Å². The number of hydrogen-bond donors (Lipinski definition) is 0. The summed E-state index contributed by atoms with van der Waals surface area (Å²) in [6.07, 6.45) is -11.3. The Labute approximate surface area is 257 Å². The molecule has 0 radical (unpaired) electrons. The lowest BCUT2D eigenvalue weighted by atomic mass is 9.90. The first kappa shape index (κ1) is 34.1. The summed E-state index contributed by atoms with van der Waals surface area (Å²) in [6, 6.07) is 17.5. The van der Waals surface area contributed by atoms with Crippen molar-refractivity contribution in [2.45, 2.75) is 51.1 Å². The van der Waals surface area contributed by atoms with Crippen LogP contribution in [0.5, 0.6) is 17.2 Å². The SMILES string of the molecule is CC1(COCCCCCCOc2ccc(C(=O)Oc3ccc(-c4ccc(OC(F)(F)C(F)C(F)(F)F)cc4)cc3)cc2)COC1. The highest BCUT2D eigenvalue weighted by Gasteiger charge is 2.59. The third-order valence-electron chi connectivity index (χ3n) is 6.98. The molecular formula is C33H34F6O6. The minimum atomic E-state index is -5.77. The maximum Gasteiger partial charge on any atom is 0.439 e. The van der Waals surface area contributed by atoms with Crippen molar-refractivity contribution in [1.82, 2.24) is 0 Å². The molecule has 0 saturated carbocycles. The summed E-state index contributed by atoms with van der Waals surface area (Å²) >= 11 is 0. The second-order valence-electron chi connectivity index (χ2n) is 11.1. The highest BCUT2D eigenvalue weighted by molar-refractivity contribution is 5.91. The van der Waals surface area contributed by atoms with Crippen LogP contribution < -0.4 is 14.2 Å². The molecule has 1 unspecified atom stereocenters. The number of carbonyl (C=O) groups is 1. The Balaban J connectivity index is 1.16. The number of esters is 1. The number of carbonyl (C=O) groups excluding carboxylic acids is 1. The van der Waals surface area contributed by atoms with E-state index >= 15 is 0 Å². The van der Waals surface area contributed by atoms with E-state index in [9.17, 15) is 31.1 Å². The summed E-state index contributed by atoms with van der Waals surface area (Å²) in [5.74, 6) is -0.330. The second kappa shape index (κ2) is 15.0. The van der Waals surface area contributed by atoms with E-state index in [0.717, 1.165) is 64.2 Å². The van der Waals surface area contributed by atoms with Crippen LogP contribution in [0.3, 0.4) is 0 Å². The van der Waals surface area contributed by atoms with E-state index in [0.29, 0.717) is 29.0 Å². The van der Waals surface area contributed by atoms with E-state index in [1.54, 1.807) is 36.4 Å². The van der Waals surface area contributed by atoms with E-state index in [1.165, 1.54) is 24.3 Å². The molecular weight excluding hydrogens is 606 g/mol. The lowest BCUT2D eigenvalue weighted by Gasteiger charge is -2.37. The van der Waals surface area contributed by atoms with Gasteiger partial charge in [-0.1, -0.05) is 37.6 Å². The summed E-state index contributed by atoms with van der Waals surface area (Å²) in [7, 11) is 0. The Kier molecular flexibility index (Phi) is 11.4. The van der Waals surface area contributed by atoms with Crippen LogP contribution in [-0.2, 0) is 9.47 Å². The fraction of sp³-hybridized carbons (Fsp3) is 0.424. The normalized spacial score (nSPS) is 15.2. The van der Waals surface area contributed by atoms with Gasteiger partial charge in [-0.3, -0.25) is 0 Å². The Morgan fingerprint density at radius 1 is 0.778 bits per heavy atom. The molecule has 4 rings (SSSR count). The summed E-state index contributed by atoms with van der Waals surface area (Å²) in [5, 5.41) is 0. The van der Waals surface area contributed by atoms with Gasteiger partial charge >= 0.3 is 18.3 Å². The zero-order valence-corrected chi connectivity index (χ0v) is 24.6. The molecule has 0 aliphatic carbocycles. The van der Waals surface area contributed by atoms with E-state index in [4.69, 9.17) is 18.9 Å². The van der Waals surface area contributed by atoms with Crippen molar-refractivity contribution in [2.75, 3.05) is 33.0 Å². The monoisotopic (exact) mass is 640 g/mol. The van der Waals surface area contributed by atoms with Crippen LogP contribution in [0.15, 0.2) is 72.8 Å². The lowest BCUT2D eigenvalue weighted by Crippen LogP contribution is -2.45. The number of ether oxygens (including phenoxy) is 5. The fourth-order valence-corrected chi connectivity index (χ4v) is 4.39. The standard InChI is InChI=1S/C33H34F6O6/c1-31(21-42-22-31)20-41-18-4-2-3-5-19-43-26-12-10-25(11-13-26)29(40)44-27-14-6-23(7-15-27)24-8-16-28(17-9-24)45-33(38,39)30(34)32(35,36)37/h6-17,30H,2-5,18-22H2,1H3. The smallest absolute Gasteiger partial charge is 0.439 e. The van der Waals surface area contributed by atoms with Gasteiger partial charge in [-0.2, -0.15) is 22.0 Å². The van der Waals surface area contributed by atoms with Crippen LogP contribution in [0.1, 0.15) is 43.0 Å². The predicted molar refractivity (Wildman–Crippen MR) is 154 cm³/mol. The van der Waals surface area contributed by atoms with Gasteiger partial charge in [-0.25, -0.2) is 9.18 Å². The molecule has 0 bridgehead atoms. The topological polar surface area (TPSA) is 63.2 Å². The number of unbranched alkanes of at least 4 members (excludes halogenated alkanes) is 3. The minimum absolute atomic E-state index is 0.176.